The molecule has 0 spiro atoms. The van der Waals surface area contributed by atoms with Crippen LogP contribution in [0.15, 0.2) is 12.4 Å². The van der Waals surface area contributed by atoms with Crippen LogP contribution in [0.2, 0.25) is 0 Å². The lowest BCUT2D eigenvalue weighted by molar-refractivity contribution is 0.0806. The minimum absolute atomic E-state index is 0.0945. The summed E-state index contributed by atoms with van der Waals surface area (Å²) >= 11 is 0. The van der Waals surface area contributed by atoms with E-state index < -0.39 is 0 Å². The summed E-state index contributed by atoms with van der Waals surface area (Å²) in [6, 6.07) is 0.338. The van der Waals surface area contributed by atoms with Crippen molar-refractivity contribution in [3.63, 3.8) is 0 Å². The molecule has 0 aromatic carbocycles. The van der Waals surface area contributed by atoms with E-state index in [1.54, 1.807) is 0 Å². The number of anilines is 1. The van der Waals surface area contributed by atoms with Crippen LogP contribution in [0.25, 0.3) is 0 Å². The Morgan fingerprint density at radius 3 is 2.67 bits per heavy atom. The fourth-order valence-corrected chi connectivity index (χ4v) is 1.77. The molecule has 0 radical (unpaired) electrons. The van der Waals surface area contributed by atoms with E-state index in [2.05, 4.69) is 41.4 Å². The molecule has 2 heterocycles. The van der Waals surface area contributed by atoms with Gasteiger partial charge >= 0.3 is 0 Å². The number of ether oxygens (including phenoxy) is 1. The summed E-state index contributed by atoms with van der Waals surface area (Å²) in [6.45, 7) is 9.71. The molecule has 2 N–H and O–H groups in total. The van der Waals surface area contributed by atoms with Gasteiger partial charge in [-0.05, 0) is 11.0 Å². The number of nitrogens with one attached hydrogen (secondary N) is 2. The lowest BCUT2D eigenvalue weighted by atomic mass is 9.89. The second kappa shape index (κ2) is 5.63. The SMILES string of the molecule is CC(C)(C)c1cnc(NCC2COCCN2)nc1. The van der Waals surface area contributed by atoms with E-state index in [4.69, 9.17) is 4.74 Å². The maximum Gasteiger partial charge on any atom is 0.222 e. The molecule has 100 valence electrons. The highest BCUT2D eigenvalue weighted by Gasteiger charge is 2.15. The number of hydrogen-bond acceptors (Lipinski definition) is 5. The molecule has 1 aliphatic heterocycles. The quantitative estimate of drug-likeness (QED) is 0.843. The highest BCUT2D eigenvalue weighted by atomic mass is 16.5. The first-order chi connectivity index (χ1) is 8.55. The third-order valence-corrected chi connectivity index (χ3v) is 3.02. The fourth-order valence-electron chi connectivity index (χ4n) is 1.77. The zero-order chi connectivity index (χ0) is 13.0. The fraction of sp³-hybridized carbons (Fsp3) is 0.692. The van der Waals surface area contributed by atoms with Crippen molar-refractivity contribution in [1.82, 2.24) is 15.3 Å². The van der Waals surface area contributed by atoms with Gasteiger partial charge in [-0.3, -0.25) is 0 Å². The molecular weight excluding hydrogens is 228 g/mol. The molecule has 1 fully saturated rings. The van der Waals surface area contributed by atoms with Gasteiger partial charge in [0.1, 0.15) is 0 Å². The molecule has 1 atom stereocenters. The maximum absolute atomic E-state index is 5.39. The Hall–Kier alpha value is -1.20. The lowest BCUT2D eigenvalue weighted by Gasteiger charge is -2.24. The third-order valence-electron chi connectivity index (χ3n) is 3.02. The van der Waals surface area contributed by atoms with E-state index in [1.165, 1.54) is 0 Å². The van der Waals surface area contributed by atoms with Gasteiger partial charge in [0, 0.05) is 31.5 Å². The van der Waals surface area contributed by atoms with Crippen LogP contribution in [0.3, 0.4) is 0 Å². The van der Waals surface area contributed by atoms with Crippen LogP contribution < -0.4 is 10.6 Å². The predicted octanol–water partition coefficient (Wildman–Crippen LogP) is 1.17. The summed E-state index contributed by atoms with van der Waals surface area (Å²) in [4.78, 5) is 8.68. The van der Waals surface area contributed by atoms with E-state index in [0.717, 1.165) is 31.9 Å². The third kappa shape index (κ3) is 3.65. The van der Waals surface area contributed by atoms with Crippen molar-refractivity contribution in [3.05, 3.63) is 18.0 Å². The predicted molar refractivity (Wildman–Crippen MR) is 71.8 cm³/mol. The number of morpholine rings is 1. The normalized spacial score (nSPS) is 20.7. The van der Waals surface area contributed by atoms with Crippen molar-refractivity contribution in [3.8, 4) is 0 Å². The Balaban J connectivity index is 1.86. The van der Waals surface area contributed by atoms with Gasteiger partial charge in [-0.15, -0.1) is 0 Å². The summed E-state index contributed by atoms with van der Waals surface area (Å²) in [5, 5.41) is 6.61. The van der Waals surface area contributed by atoms with E-state index in [0.29, 0.717) is 12.0 Å². The van der Waals surface area contributed by atoms with Crippen molar-refractivity contribution in [1.29, 1.82) is 0 Å². The number of rotatable bonds is 3. The van der Waals surface area contributed by atoms with Crippen molar-refractivity contribution < 1.29 is 4.74 Å². The first-order valence-electron chi connectivity index (χ1n) is 6.43. The standard InChI is InChI=1S/C13H22N4O/c1-13(2,3)10-6-15-12(16-7-10)17-8-11-9-18-5-4-14-11/h6-7,11,14H,4-5,8-9H2,1-3H3,(H,15,16,17). The Morgan fingerprint density at radius 1 is 1.39 bits per heavy atom. The van der Waals surface area contributed by atoms with Crippen molar-refractivity contribution in [2.45, 2.75) is 32.2 Å². The average molecular weight is 250 g/mol. The second-order valence-electron chi connectivity index (χ2n) is 5.65. The number of aromatic nitrogens is 2. The van der Waals surface area contributed by atoms with Gasteiger partial charge in [-0.1, -0.05) is 20.8 Å². The van der Waals surface area contributed by atoms with E-state index in [1.807, 2.05) is 12.4 Å². The van der Waals surface area contributed by atoms with E-state index in [-0.39, 0.29) is 5.41 Å². The summed E-state index contributed by atoms with van der Waals surface area (Å²) in [7, 11) is 0. The number of nitrogens with zero attached hydrogens (tertiary/aromatic N) is 2. The van der Waals surface area contributed by atoms with Crippen LogP contribution >= 0.6 is 0 Å². The highest BCUT2D eigenvalue weighted by molar-refractivity contribution is 5.27. The molecule has 1 aromatic heterocycles. The molecule has 5 nitrogen and oxygen atoms in total. The van der Waals surface area contributed by atoms with E-state index >= 15 is 0 Å². The Bertz CT molecular complexity index is 366. The summed E-state index contributed by atoms with van der Waals surface area (Å²) in [6.07, 6.45) is 3.78. The van der Waals surface area contributed by atoms with Gasteiger partial charge in [0.25, 0.3) is 0 Å². The van der Waals surface area contributed by atoms with Crippen LogP contribution in [-0.4, -0.2) is 42.3 Å². The van der Waals surface area contributed by atoms with Crippen LogP contribution in [0.1, 0.15) is 26.3 Å². The maximum atomic E-state index is 5.39. The minimum Gasteiger partial charge on any atom is -0.378 e. The van der Waals surface area contributed by atoms with Gasteiger partial charge < -0.3 is 15.4 Å². The second-order valence-corrected chi connectivity index (χ2v) is 5.65. The summed E-state index contributed by atoms with van der Waals surface area (Å²) < 4.78 is 5.39. The van der Waals surface area contributed by atoms with Gasteiger partial charge in [-0.2, -0.15) is 0 Å². The first kappa shape index (κ1) is 13.2. The molecule has 1 aromatic rings. The van der Waals surface area contributed by atoms with Crippen LogP contribution in [-0.2, 0) is 10.2 Å². The molecule has 1 unspecified atom stereocenters. The zero-order valence-corrected chi connectivity index (χ0v) is 11.4. The zero-order valence-electron chi connectivity index (χ0n) is 11.4. The monoisotopic (exact) mass is 250 g/mol. The van der Waals surface area contributed by atoms with Crippen molar-refractivity contribution in [2.24, 2.45) is 0 Å². The number of hydrogen-bond donors (Lipinski definition) is 2. The van der Waals surface area contributed by atoms with Crippen molar-refractivity contribution in [2.75, 3.05) is 31.6 Å². The van der Waals surface area contributed by atoms with Crippen LogP contribution in [0.5, 0.6) is 0 Å². The van der Waals surface area contributed by atoms with Gasteiger partial charge in [0.15, 0.2) is 0 Å². The largest absolute Gasteiger partial charge is 0.378 e. The van der Waals surface area contributed by atoms with E-state index in [9.17, 15) is 0 Å². The van der Waals surface area contributed by atoms with Gasteiger partial charge in [0.05, 0.1) is 13.2 Å². The highest BCUT2D eigenvalue weighted by Crippen LogP contribution is 2.20. The van der Waals surface area contributed by atoms with Crippen LogP contribution in [0, 0.1) is 0 Å². The molecule has 1 aliphatic rings. The molecule has 0 saturated carbocycles. The molecular formula is C13H22N4O. The molecule has 1 saturated heterocycles. The Morgan fingerprint density at radius 2 is 2.11 bits per heavy atom. The topological polar surface area (TPSA) is 59.1 Å². The molecule has 0 bridgehead atoms. The molecule has 18 heavy (non-hydrogen) atoms. The first-order valence-corrected chi connectivity index (χ1v) is 6.43. The molecule has 0 amide bonds. The lowest BCUT2D eigenvalue weighted by Crippen LogP contribution is -2.45. The summed E-state index contributed by atoms with van der Waals surface area (Å²) in [5.41, 5.74) is 1.24. The smallest absolute Gasteiger partial charge is 0.222 e. The molecule has 2 rings (SSSR count). The molecule has 5 heteroatoms. The Labute approximate surface area is 108 Å². The van der Waals surface area contributed by atoms with Gasteiger partial charge in [0.2, 0.25) is 5.95 Å². The molecule has 0 aliphatic carbocycles. The minimum atomic E-state index is 0.0945. The van der Waals surface area contributed by atoms with Crippen molar-refractivity contribution >= 4 is 5.95 Å². The average Bonchev–Trinajstić information content (AvgIpc) is 2.37. The summed E-state index contributed by atoms with van der Waals surface area (Å²) in [5.74, 6) is 0.676. The Kier molecular flexibility index (Phi) is 4.14. The van der Waals surface area contributed by atoms with Gasteiger partial charge in [-0.25, -0.2) is 9.97 Å². The van der Waals surface area contributed by atoms with Crippen LogP contribution in [0.4, 0.5) is 5.95 Å².